The summed E-state index contributed by atoms with van der Waals surface area (Å²) in [6, 6.07) is 28.7. The molecule has 0 aliphatic heterocycles. The van der Waals surface area contributed by atoms with Gasteiger partial charge in [-0.2, -0.15) is 0 Å². The highest BCUT2D eigenvalue weighted by Crippen LogP contribution is 2.20. The number of carbonyl (C=O) groups is 1. The summed E-state index contributed by atoms with van der Waals surface area (Å²) in [5.74, 6) is 0.763. The number of hydrogen-bond donors (Lipinski definition) is 1. The van der Waals surface area contributed by atoms with Crippen molar-refractivity contribution in [3.05, 3.63) is 102 Å². The van der Waals surface area contributed by atoms with Crippen molar-refractivity contribution in [3.8, 4) is 0 Å². The summed E-state index contributed by atoms with van der Waals surface area (Å²) < 4.78 is 0. The summed E-state index contributed by atoms with van der Waals surface area (Å²) in [4.78, 5) is 17.2. The third kappa shape index (κ3) is 3.26. The lowest BCUT2D eigenvalue weighted by Crippen LogP contribution is -2.02. The molecule has 0 bridgehead atoms. The molecule has 120 valence electrons. The van der Waals surface area contributed by atoms with Crippen LogP contribution in [0.25, 0.3) is 10.9 Å². The maximum absolute atomic E-state index is 12.6. The zero-order chi connectivity index (χ0) is 17.1. The molecule has 3 nitrogen and oxygen atoms in total. The van der Waals surface area contributed by atoms with Gasteiger partial charge in [0.15, 0.2) is 5.78 Å². The maximum Gasteiger partial charge on any atom is 0.193 e. The number of anilines is 2. The first-order valence-electron chi connectivity index (χ1n) is 8.12. The first kappa shape index (κ1) is 15.1. The monoisotopic (exact) mass is 324 g/mol. The molecule has 3 aromatic carbocycles. The number of hydrogen-bond acceptors (Lipinski definition) is 3. The minimum Gasteiger partial charge on any atom is -0.340 e. The summed E-state index contributed by atoms with van der Waals surface area (Å²) in [7, 11) is 0. The van der Waals surface area contributed by atoms with Crippen LogP contribution >= 0.6 is 0 Å². The number of carbonyl (C=O) groups excluding carboxylic acids is 1. The summed E-state index contributed by atoms with van der Waals surface area (Å²) >= 11 is 0. The fourth-order valence-corrected chi connectivity index (χ4v) is 2.78. The van der Waals surface area contributed by atoms with Gasteiger partial charge in [-0.15, -0.1) is 0 Å². The second kappa shape index (κ2) is 6.57. The highest BCUT2D eigenvalue weighted by molar-refractivity contribution is 6.09. The topological polar surface area (TPSA) is 42.0 Å². The highest BCUT2D eigenvalue weighted by Gasteiger charge is 2.09. The van der Waals surface area contributed by atoms with Crippen molar-refractivity contribution in [2.45, 2.75) is 0 Å². The Morgan fingerprint density at radius 2 is 1.48 bits per heavy atom. The predicted molar refractivity (Wildman–Crippen MR) is 101 cm³/mol. The Balaban J connectivity index is 1.61. The Morgan fingerprint density at radius 3 is 2.36 bits per heavy atom. The number of ketones is 1. The van der Waals surface area contributed by atoms with Gasteiger partial charge in [0.1, 0.15) is 5.82 Å². The Morgan fingerprint density at radius 1 is 0.720 bits per heavy atom. The molecule has 4 rings (SSSR count). The molecule has 0 saturated heterocycles. The van der Waals surface area contributed by atoms with Crippen LogP contribution in [0.2, 0.25) is 0 Å². The van der Waals surface area contributed by atoms with Crippen molar-refractivity contribution in [1.29, 1.82) is 0 Å². The lowest BCUT2D eigenvalue weighted by Gasteiger charge is -2.08. The molecule has 0 aliphatic rings. The van der Waals surface area contributed by atoms with Crippen LogP contribution in [0.1, 0.15) is 15.9 Å². The van der Waals surface area contributed by atoms with Gasteiger partial charge in [-0.05, 0) is 30.3 Å². The molecular formula is C22H16N2O. The van der Waals surface area contributed by atoms with Crippen LogP contribution in [0, 0.1) is 0 Å². The van der Waals surface area contributed by atoms with E-state index in [0.717, 1.165) is 22.4 Å². The molecule has 0 spiro atoms. The fraction of sp³-hybridized carbons (Fsp3) is 0. The lowest BCUT2D eigenvalue weighted by atomic mass is 10.0. The van der Waals surface area contributed by atoms with Gasteiger partial charge in [0.05, 0.1) is 5.52 Å². The van der Waals surface area contributed by atoms with Gasteiger partial charge in [0, 0.05) is 22.2 Å². The molecule has 0 amide bonds. The van der Waals surface area contributed by atoms with E-state index in [-0.39, 0.29) is 5.78 Å². The number of nitrogens with one attached hydrogen (secondary N) is 1. The van der Waals surface area contributed by atoms with Crippen LogP contribution in [0.5, 0.6) is 0 Å². The molecule has 3 heteroatoms. The van der Waals surface area contributed by atoms with Crippen LogP contribution in [-0.2, 0) is 0 Å². The average Bonchev–Trinajstić information content (AvgIpc) is 2.68. The number of benzene rings is 3. The summed E-state index contributed by atoms with van der Waals surface area (Å²) in [5, 5.41) is 4.38. The molecule has 0 fully saturated rings. The molecule has 1 N–H and O–H groups in total. The van der Waals surface area contributed by atoms with Gasteiger partial charge in [-0.3, -0.25) is 4.79 Å². The van der Waals surface area contributed by atoms with Crippen molar-refractivity contribution < 1.29 is 4.79 Å². The van der Waals surface area contributed by atoms with Gasteiger partial charge in [-0.1, -0.05) is 60.7 Å². The maximum atomic E-state index is 12.6. The summed E-state index contributed by atoms with van der Waals surface area (Å²) in [6.07, 6.45) is 0. The number of aromatic nitrogens is 1. The fourth-order valence-electron chi connectivity index (χ4n) is 2.78. The van der Waals surface area contributed by atoms with Crippen LogP contribution in [0.4, 0.5) is 11.5 Å². The van der Waals surface area contributed by atoms with Gasteiger partial charge in [0.25, 0.3) is 0 Å². The van der Waals surface area contributed by atoms with Gasteiger partial charge in [-0.25, -0.2) is 4.98 Å². The Kier molecular flexibility index (Phi) is 3.97. The summed E-state index contributed by atoms with van der Waals surface area (Å²) in [5.41, 5.74) is 3.11. The molecule has 0 aliphatic carbocycles. The first-order valence-corrected chi connectivity index (χ1v) is 8.12. The van der Waals surface area contributed by atoms with E-state index >= 15 is 0 Å². The van der Waals surface area contributed by atoms with Crippen LogP contribution in [0.3, 0.4) is 0 Å². The number of rotatable bonds is 4. The van der Waals surface area contributed by atoms with Gasteiger partial charge < -0.3 is 5.32 Å². The highest BCUT2D eigenvalue weighted by atomic mass is 16.1. The van der Waals surface area contributed by atoms with E-state index < -0.39 is 0 Å². The SMILES string of the molecule is O=C(c1ccccc1)c1cccc(Nc2ccc3ccccc3n2)c1. The standard InChI is InChI=1S/C22H16N2O/c25-22(17-8-2-1-3-9-17)18-10-6-11-19(15-18)23-21-14-13-16-7-4-5-12-20(16)24-21/h1-15H,(H,23,24). The zero-order valence-electron chi connectivity index (χ0n) is 13.5. The minimum absolute atomic E-state index is 0.00993. The predicted octanol–water partition coefficient (Wildman–Crippen LogP) is 5.21. The third-order valence-electron chi connectivity index (χ3n) is 4.03. The van der Waals surface area contributed by atoms with E-state index in [9.17, 15) is 4.79 Å². The van der Waals surface area contributed by atoms with Crippen LogP contribution in [0.15, 0.2) is 91.0 Å². The van der Waals surface area contributed by atoms with Crippen LogP contribution in [-0.4, -0.2) is 10.8 Å². The second-order valence-electron chi connectivity index (χ2n) is 5.79. The van der Waals surface area contributed by atoms with Gasteiger partial charge in [0.2, 0.25) is 0 Å². The Bertz CT molecular complexity index is 1040. The average molecular weight is 324 g/mol. The number of para-hydroxylation sites is 1. The van der Waals surface area contributed by atoms with E-state index in [1.807, 2.05) is 91.0 Å². The number of pyridine rings is 1. The molecule has 0 radical (unpaired) electrons. The van der Waals surface area contributed by atoms with E-state index in [1.165, 1.54) is 0 Å². The zero-order valence-corrected chi connectivity index (χ0v) is 13.5. The first-order chi connectivity index (χ1) is 12.3. The largest absolute Gasteiger partial charge is 0.340 e. The Hall–Kier alpha value is -3.46. The number of nitrogens with zero attached hydrogens (tertiary/aromatic N) is 1. The third-order valence-corrected chi connectivity index (χ3v) is 4.03. The van der Waals surface area contributed by atoms with Crippen molar-refractivity contribution >= 4 is 28.2 Å². The quantitative estimate of drug-likeness (QED) is 0.524. The van der Waals surface area contributed by atoms with E-state index in [4.69, 9.17) is 0 Å². The summed E-state index contributed by atoms with van der Waals surface area (Å²) in [6.45, 7) is 0. The van der Waals surface area contributed by atoms with E-state index in [1.54, 1.807) is 0 Å². The number of fused-ring (bicyclic) bond motifs is 1. The van der Waals surface area contributed by atoms with Crippen LogP contribution < -0.4 is 5.32 Å². The molecule has 4 aromatic rings. The molecule has 0 unspecified atom stereocenters. The normalized spacial score (nSPS) is 10.6. The van der Waals surface area contributed by atoms with Crippen molar-refractivity contribution in [2.24, 2.45) is 0 Å². The van der Waals surface area contributed by atoms with Crippen molar-refractivity contribution in [2.75, 3.05) is 5.32 Å². The minimum atomic E-state index is 0.00993. The molecular weight excluding hydrogens is 308 g/mol. The van der Waals surface area contributed by atoms with Crippen molar-refractivity contribution in [1.82, 2.24) is 4.98 Å². The molecule has 0 saturated carbocycles. The van der Waals surface area contributed by atoms with E-state index in [0.29, 0.717) is 11.1 Å². The smallest absolute Gasteiger partial charge is 0.193 e. The van der Waals surface area contributed by atoms with Gasteiger partial charge >= 0.3 is 0 Å². The second-order valence-corrected chi connectivity index (χ2v) is 5.79. The van der Waals surface area contributed by atoms with Crippen molar-refractivity contribution in [3.63, 3.8) is 0 Å². The molecule has 1 aromatic heterocycles. The van der Waals surface area contributed by atoms with E-state index in [2.05, 4.69) is 10.3 Å². The molecule has 1 heterocycles. The Labute approximate surface area is 146 Å². The lowest BCUT2D eigenvalue weighted by molar-refractivity contribution is 0.103. The molecule has 25 heavy (non-hydrogen) atoms. The molecule has 0 atom stereocenters.